The molecule has 1 aromatic heterocycles. The van der Waals surface area contributed by atoms with E-state index in [4.69, 9.17) is 0 Å². The highest BCUT2D eigenvalue weighted by molar-refractivity contribution is 9.10. The first kappa shape index (κ1) is 14.3. The van der Waals surface area contributed by atoms with Crippen LogP contribution in [0.5, 0.6) is 0 Å². The molecule has 106 valence electrons. The number of hydrogen-bond acceptors (Lipinski definition) is 4. The van der Waals surface area contributed by atoms with Crippen molar-refractivity contribution < 1.29 is 0 Å². The number of aryl methyl sites for hydroxylation is 1. The topological polar surface area (TPSA) is 43.6 Å². The molecular formula is C15H13BrN4S. The van der Waals surface area contributed by atoms with Gasteiger partial charge in [-0.15, -0.1) is 5.10 Å². The third-order valence-electron chi connectivity index (χ3n) is 2.94. The van der Waals surface area contributed by atoms with Crippen molar-refractivity contribution in [1.82, 2.24) is 20.2 Å². The van der Waals surface area contributed by atoms with Crippen molar-refractivity contribution in [2.75, 3.05) is 0 Å². The highest BCUT2D eigenvalue weighted by atomic mass is 79.9. The minimum Gasteiger partial charge on any atom is -0.187 e. The quantitative estimate of drug-likeness (QED) is 0.659. The molecule has 0 amide bonds. The molecule has 21 heavy (non-hydrogen) atoms. The molecule has 4 nitrogen and oxygen atoms in total. The minimum atomic E-state index is 0.792. The van der Waals surface area contributed by atoms with Crippen molar-refractivity contribution in [2.24, 2.45) is 0 Å². The van der Waals surface area contributed by atoms with Gasteiger partial charge in [0.25, 0.3) is 0 Å². The largest absolute Gasteiger partial charge is 0.214 e. The third-order valence-corrected chi connectivity index (χ3v) is 4.43. The number of benzene rings is 2. The minimum absolute atomic E-state index is 0.792. The Balaban J connectivity index is 1.80. The van der Waals surface area contributed by atoms with Gasteiger partial charge in [0, 0.05) is 10.2 Å². The number of nitrogens with zero attached hydrogens (tertiary/aromatic N) is 4. The molecule has 0 unspecified atom stereocenters. The lowest BCUT2D eigenvalue weighted by Crippen LogP contribution is -1.99. The molecule has 0 aliphatic carbocycles. The maximum Gasteiger partial charge on any atom is 0.214 e. The molecular weight excluding hydrogens is 348 g/mol. The predicted molar refractivity (Wildman–Crippen MR) is 87.6 cm³/mol. The molecule has 0 aliphatic rings. The first-order chi connectivity index (χ1) is 10.2. The summed E-state index contributed by atoms with van der Waals surface area (Å²) in [5.41, 5.74) is 3.40. The second-order valence-corrected chi connectivity index (χ2v) is 6.49. The number of tetrazole rings is 1. The van der Waals surface area contributed by atoms with Gasteiger partial charge in [-0.05, 0) is 52.7 Å². The van der Waals surface area contributed by atoms with E-state index in [2.05, 4.69) is 62.6 Å². The van der Waals surface area contributed by atoms with Gasteiger partial charge in [-0.1, -0.05) is 52.0 Å². The molecule has 6 heteroatoms. The van der Waals surface area contributed by atoms with E-state index in [-0.39, 0.29) is 0 Å². The zero-order chi connectivity index (χ0) is 14.7. The standard InChI is InChI=1S/C15H13BrN4S/c1-11-4-2-7-14(8-11)20-15(17-18-19-20)21-10-12-5-3-6-13(16)9-12/h2-9H,10H2,1H3. The lowest BCUT2D eigenvalue weighted by Gasteiger charge is -2.05. The van der Waals surface area contributed by atoms with Crippen molar-refractivity contribution in [3.63, 3.8) is 0 Å². The molecule has 0 N–H and O–H groups in total. The Hall–Kier alpha value is -1.66. The second-order valence-electron chi connectivity index (χ2n) is 4.63. The Morgan fingerprint density at radius 3 is 2.81 bits per heavy atom. The van der Waals surface area contributed by atoms with Gasteiger partial charge in [0.05, 0.1) is 5.69 Å². The lowest BCUT2D eigenvalue weighted by molar-refractivity contribution is 0.755. The molecule has 3 aromatic rings. The van der Waals surface area contributed by atoms with E-state index in [1.54, 1.807) is 16.4 Å². The molecule has 3 rings (SSSR count). The average Bonchev–Trinajstić information content (AvgIpc) is 2.94. The van der Waals surface area contributed by atoms with Gasteiger partial charge in [0.15, 0.2) is 0 Å². The lowest BCUT2D eigenvalue weighted by atomic mass is 10.2. The Bertz CT molecular complexity index is 757. The number of thioether (sulfide) groups is 1. The molecule has 0 radical (unpaired) electrons. The van der Waals surface area contributed by atoms with Crippen molar-refractivity contribution in [1.29, 1.82) is 0 Å². The van der Waals surface area contributed by atoms with Gasteiger partial charge >= 0.3 is 0 Å². The predicted octanol–water partition coefficient (Wildman–Crippen LogP) is 4.03. The SMILES string of the molecule is Cc1cccc(-n2nnnc2SCc2cccc(Br)c2)c1. The van der Waals surface area contributed by atoms with Gasteiger partial charge < -0.3 is 0 Å². The van der Waals surface area contributed by atoms with E-state index < -0.39 is 0 Å². The molecule has 0 saturated carbocycles. The van der Waals surface area contributed by atoms with Gasteiger partial charge in [-0.2, -0.15) is 4.68 Å². The van der Waals surface area contributed by atoms with Crippen LogP contribution in [0.1, 0.15) is 11.1 Å². The number of rotatable bonds is 4. The summed E-state index contributed by atoms with van der Waals surface area (Å²) in [7, 11) is 0. The highest BCUT2D eigenvalue weighted by Crippen LogP contribution is 2.24. The summed E-state index contributed by atoms with van der Waals surface area (Å²) >= 11 is 5.11. The van der Waals surface area contributed by atoms with Crippen LogP contribution in [0.15, 0.2) is 58.2 Å². The second kappa shape index (κ2) is 6.41. The Labute approximate surface area is 135 Å². The first-order valence-electron chi connectivity index (χ1n) is 6.45. The van der Waals surface area contributed by atoms with E-state index in [1.165, 1.54) is 11.1 Å². The van der Waals surface area contributed by atoms with Crippen LogP contribution in [0.2, 0.25) is 0 Å². The zero-order valence-electron chi connectivity index (χ0n) is 11.4. The van der Waals surface area contributed by atoms with Crippen LogP contribution in [0, 0.1) is 6.92 Å². The molecule has 2 aromatic carbocycles. The van der Waals surface area contributed by atoms with E-state index >= 15 is 0 Å². The maximum absolute atomic E-state index is 4.11. The third kappa shape index (κ3) is 3.51. The molecule has 0 atom stereocenters. The fraction of sp³-hybridized carbons (Fsp3) is 0.133. The fourth-order valence-electron chi connectivity index (χ4n) is 1.97. The van der Waals surface area contributed by atoms with Gasteiger partial charge in [-0.3, -0.25) is 0 Å². The average molecular weight is 361 g/mol. The summed E-state index contributed by atoms with van der Waals surface area (Å²) in [6.07, 6.45) is 0. The summed E-state index contributed by atoms with van der Waals surface area (Å²) in [4.78, 5) is 0. The smallest absolute Gasteiger partial charge is 0.187 e. The Morgan fingerprint density at radius 1 is 1.14 bits per heavy atom. The summed E-state index contributed by atoms with van der Waals surface area (Å²) in [5.74, 6) is 0.825. The number of hydrogen-bond donors (Lipinski definition) is 0. The van der Waals surface area contributed by atoms with E-state index in [0.29, 0.717) is 0 Å². The normalized spacial score (nSPS) is 10.8. The van der Waals surface area contributed by atoms with E-state index in [9.17, 15) is 0 Å². The van der Waals surface area contributed by atoms with Crippen LogP contribution >= 0.6 is 27.7 Å². The van der Waals surface area contributed by atoms with Crippen molar-refractivity contribution in [3.8, 4) is 5.69 Å². The molecule has 0 spiro atoms. The monoisotopic (exact) mass is 360 g/mol. The highest BCUT2D eigenvalue weighted by Gasteiger charge is 2.09. The fourth-order valence-corrected chi connectivity index (χ4v) is 3.25. The molecule has 0 aliphatic heterocycles. The van der Waals surface area contributed by atoms with Crippen molar-refractivity contribution in [2.45, 2.75) is 17.8 Å². The zero-order valence-corrected chi connectivity index (χ0v) is 13.8. The molecule has 0 saturated heterocycles. The molecule has 0 fully saturated rings. The summed E-state index contributed by atoms with van der Waals surface area (Å²) in [5, 5.41) is 12.8. The Kier molecular flexibility index (Phi) is 4.36. The number of halogens is 1. The van der Waals surface area contributed by atoms with Crippen molar-refractivity contribution >= 4 is 27.7 Å². The van der Waals surface area contributed by atoms with Crippen LogP contribution in [0.25, 0.3) is 5.69 Å². The van der Waals surface area contributed by atoms with Crippen LogP contribution in [-0.4, -0.2) is 20.2 Å². The maximum atomic E-state index is 4.11. The summed E-state index contributed by atoms with van der Waals surface area (Å²) in [6.45, 7) is 2.06. The molecule has 0 bridgehead atoms. The van der Waals surface area contributed by atoms with Crippen LogP contribution in [0.4, 0.5) is 0 Å². The van der Waals surface area contributed by atoms with Crippen LogP contribution in [0.3, 0.4) is 0 Å². The van der Waals surface area contributed by atoms with Gasteiger partial charge in [-0.25, -0.2) is 0 Å². The van der Waals surface area contributed by atoms with Crippen molar-refractivity contribution in [3.05, 3.63) is 64.1 Å². The summed E-state index contributed by atoms with van der Waals surface area (Å²) in [6, 6.07) is 16.4. The molecule has 1 heterocycles. The summed E-state index contributed by atoms with van der Waals surface area (Å²) < 4.78 is 2.86. The van der Waals surface area contributed by atoms with E-state index in [1.807, 2.05) is 24.3 Å². The first-order valence-corrected chi connectivity index (χ1v) is 8.23. The van der Waals surface area contributed by atoms with E-state index in [0.717, 1.165) is 21.1 Å². The van der Waals surface area contributed by atoms with Crippen LogP contribution < -0.4 is 0 Å². The Morgan fingerprint density at radius 2 is 2.00 bits per heavy atom. The van der Waals surface area contributed by atoms with Crippen LogP contribution in [-0.2, 0) is 5.75 Å². The number of aromatic nitrogens is 4. The van der Waals surface area contributed by atoms with Gasteiger partial charge in [0.1, 0.15) is 0 Å². The van der Waals surface area contributed by atoms with Gasteiger partial charge in [0.2, 0.25) is 5.16 Å².